The second kappa shape index (κ2) is 10.1. The number of nitrogens with one attached hydrogen (secondary N) is 1. The first-order valence-corrected chi connectivity index (χ1v) is 6.66. The zero-order valence-corrected chi connectivity index (χ0v) is 11.8. The van der Waals surface area contributed by atoms with E-state index in [9.17, 15) is 0 Å². The molecule has 16 heavy (non-hydrogen) atoms. The summed E-state index contributed by atoms with van der Waals surface area (Å²) in [5.41, 5.74) is 0. The fourth-order valence-corrected chi connectivity index (χ4v) is 2.26. The minimum Gasteiger partial charge on any atom is -0.380 e. The summed E-state index contributed by atoms with van der Waals surface area (Å²) in [5, 5.41) is 3.44. The van der Waals surface area contributed by atoms with Gasteiger partial charge in [-0.2, -0.15) is 0 Å². The van der Waals surface area contributed by atoms with Gasteiger partial charge in [0.25, 0.3) is 0 Å². The van der Waals surface area contributed by atoms with Crippen molar-refractivity contribution < 1.29 is 4.74 Å². The van der Waals surface area contributed by atoms with E-state index in [1.54, 1.807) is 0 Å². The van der Waals surface area contributed by atoms with E-state index < -0.39 is 0 Å². The van der Waals surface area contributed by atoms with Crippen LogP contribution in [-0.2, 0) is 4.74 Å². The smallest absolute Gasteiger partial charge is 0.0593 e. The number of rotatable bonds is 10. The van der Waals surface area contributed by atoms with Crippen molar-refractivity contribution in [2.24, 2.45) is 0 Å². The molecule has 1 N–H and O–H groups in total. The van der Waals surface area contributed by atoms with Gasteiger partial charge in [-0.15, -0.1) is 0 Å². The van der Waals surface area contributed by atoms with Gasteiger partial charge < -0.3 is 10.1 Å². The van der Waals surface area contributed by atoms with Crippen molar-refractivity contribution >= 4 is 0 Å². The summed E-state index contributed by atoms with van der Waals surface area (Å²) in [4.78, 5) is 2.42. The topological polar surface area (TPSA) is 24.5 Å². The summed E-state index contributed by atoms with van der Waals surface area (Å²) in [6.45, 7) is 9.24. The third-order valence-corrected chi connectivity index (χ3v) is 3.21. The molecule has 2 unspecified atom stereocenters. The summed E-state index contributed by atoms with van der Waals surface area (Å²) in [5.74, 6) is 0. The molecule has 0 aromatic heterocycles. The second-order valence-electron chi connectivity index (χ2n) is 4.34. The molecule has 0 saturated carbocycles. The molecule has 3 nitrogen and oxygen atoms in total. The van der Waals surface area contributed by atoms with Crippen LogP contribution in [0.25, 0.3) is 0 Å². The fourth-order valence-electron chi connectivity index (χ4n) is 2.26. The first-order valence-electron chi connectivity index (χ1n) is 6.66. The Morgan fingerprint density at radius 2 is 1.94 bits per heavy atom. The number of hydrogen-bond donors (Lipinski definition) is 1. The number of hydrogen-bond acceptors (Lipinski definition) is 3. The average Bonchev–Trinajstić information content (AvgIpc) is 2.29. The molecule has 0 aliphatic heterocycles. The number of ether oxygens (including phenoxy) is 1. The molecule has 0 radical (unpaired) electrons. The Bertz CT molecular complexity index is 153. The quantitative estimate of drug-likeness (QED) is 0.582. The van der Waals surface area contributed by atoms with E-state index in [4.69, 9.17) is 4.74 Å². The van der Waals surface area contributed by atoms with Gasteiger partial charge in [0.1, 0.15) is 0 Å². The van der Waals surface area contributed by atoms with Crippen molar-refractivity contribution in [3.63, 3.8) is 0 Å². The third-order valence-electron chi connectivity index (χ3n) is 3.21. The molecule has 3 heteroatoms. The molecular formula is C13H30N2O. The highest BCUT2D eigenvalue weighted by Gasteiger charge is 2.21. The minimum atomic E-state index is 0.599. The normalized spacial score (nSPS) is 15.4. The van der Waals surface area contributed by atoms with E-state index in [-0.39, 0.29) is 0 Å². The molecule has 0 fully saturated rings. The highest BCUT2D eigenvalue weighted by molar-refractivity contribution is 4.81. The number of nitrogens with zero attached hydrogens (tertiary/aromatic N) is 1. The van der Waals surface area contributed by atoms with Crippen LogP contribution in [0.3, 0.4) is 0 Å². The van der Waals surface area contributed by atoms with Crippen LogP contribution in [0.1, 0.15) is 40.0 Å². The second-order valence-corrected chi connectivity index (χ2v) is 4.34. The average molecular weight is 230 g/mol. The standard InChI is InChI=1S/C13H30N2O/c1-6-9-12(14-4)13(7-2)15(5)10-11-16-8-3/h12-14H,6-11H2,1-5H3. The molecule has 0 saturated heterocycles. The number of likely N-dealkylation sites (N-methyl/N-ethyl adjacent to an activating group) is 2. The van der Waals surface area contributed by atoms with Crippen molar-refractivity contribution in [3.8, 4) is 0 Å². The first-order chi connectivity index (χ1) is 7.71. The van der Waals surface area contributed by atoms with Gasteiger partial charge >= 0.3 is 0 Å². The van der Waals surface area contributed by atoms with Crippen LogP contribution < -0.4 is 5.32 Å². The van der Waals surface area contributed by atoms with Crippen molar-refractivity contribution in [1.29, 1.82) is 0 Å². The zero-order valence-electron chi connectivity index (χ0n) is 11.8. The van der Waals surface area contributed by atoms with Crippen molar-refractivity contribution in [3.05, 3.63) is 0 Å². The molecule has 0 bridgehead atoms. The maximum Gasteiger partial charge on any atom is 0.0593 e. The molecule has 0 aromatic rings. The molecule has 0 heterocycles. The zero-order chi connectivity index (χ0) is 12.4. The molecule has 0 aliphatic rings. The van der Waals surface area contributed by atoms with E-state index in [0.29, 0.717) is 12.1 Å². The molecule has 0 spiro atoms. The lowest BCUT2D eigenvalue weighted by Crippen LogP contribution is -2.48. The Labute approximate surface area is 102 Å². The molecular weight excluding hydrogens is 200 g/mol. The maximum absolute atomic E-state index is 5.41. The molecule has 0 amide bonds. The van der Waals surface area contributed by atoms with Gasteiger partial charge in [0.2, 0.25) is 0 Å². The van der Waals surface area contributed by atoms with E-state index >= 15 is 0 Å². The van der Waals surface area contributed by atoms with Crippen LogP contribution >= 0.6 is 0 Å². The van der Waals surface area contributed by atoms with Crippen LogP contribution in [0.5, 0.6) is 0 Å². The van der Waals surface area contributed by atoms with Gasteiger partial charge in [0.15, 0.2) is 0 Å². The summed E-state index contributed by atoms with van der Waals surface area (Å²) in [6, 6.07) is 1.21. The Balaban J connectivity index is 4.10. The summed E-state index contributed by atoms with van der Waals surface area (Å²) >= 11 is 0. The predicted octanol–water partition coefficient (Wildman–Crippen LogP) is 2.12. The molecule has 0 rings (SSSR count). The molecule has 0 aliphatic carbocycles. The van der Waals surface area contributed by atoms with Crippen LogP contribution in [-0.4, -0.2) is 50.8 Å². The van der Waals surface area contributed by atoms with E-state index in [1.165, 1.54) is 19.3 Å². The lowest BCUT2D eigenvalue weighted by atomic mass is 10.00. The highest BCUT2D eigenvalue weighted by Crippen LogP contribution is 2.11. The Morgan fingerprint density at radius 3 is 2.38 bits per heavy atom. The highest BCUT2D eigenvalue weighted by atomic mass is 16.5. The Kier molecular flexibility index (Phi) is 9.99. The van der Waals surface area contributed by atoms with Gasteiger partial charge in [-0.1, -0.05) is 20.3 Å². The van der Waals surface area contributed by atoms with Crippen molar-refractivity contribution in [1.82, 2.24) is 10.2 Å². The predicted molar refractivity (Wildman–Crippen MR) is 71.0 cm³/mol. The fraction of sp³-hybridized carbons (Fsp3) is 1.00. The summed E-state index contributed by atoms with van der Waals surface area (Å²) < 4.78 is 5.41. The van der Waals surface area contributed by atoms with Crippen molar-refractivity contribution in [2.75, 3.05) is 33.9 Å². The summed E-state index contributed by atoms with van der Waals surface area (Å²) in [6.07, 6.45) is 3.67. The van der Waals surface area contributed by atoms with Crippen LogP contribution in [0.4, 0.5) is 0 Å². The van der Waals surface area contributed by atoms with Gasteiger partial charge in [-0.05, 0) is 33.9 Å². The molecule has 0 aromatic carbocycles. The van der Waals surface area contributed by atoms with E-state index in [0.717, 1.165) is 19.8 Å². The maximum atomic E-state index is 5.41. The Hall–Kier alpha value is -0.120. The van der Waals surface area contributed by atoms with Crippen LogP contribution in [0, 0.1) is 0 Å². The lowest BCUT2D eigenvalue weighted by molar-refractivity contribution is 0.0953. The SMILES string of the molecule is CCCC(NC)C(CC)N(C)CCOCC. The van der Waals surface area contributed by atoms with Gasteiger partial charge in [0.05, 0.1) is 6.61 Å². The van der Waals surface area contributed by atoms with Crippen molar-refractivity contribution in [2.45, 2.75) is 52.1 Å². The first kappa shape index (κ1) is 15.9. The molecule has 98 valence electrons. The van der Waals surface area contributed by atoms with Gasteiger partial charge in [0, 0.05) is 25.2 Å². The van der Waals surface area contributed by atoms with Crippen LogP contribution in [0.2, 0.25) is 0 Å². The lowest BCUT2D eigenvalue weighted by Gasteiger charge is -2.34. The van der Waals surface area contributed by atoms with Gasteiger partial charge in [-0.25, -0.2) is 0 Å². The van der Waals surface area contributed by atoms with Gasteiger partial charge in [-0.3, -0.25) is 4.90 Å². The summed E-state index contributed by atoms with van der Waals surface area (Å²) in [7, 11) is 4.27. The Morgan fingerprint density at radius 1 is 1.25 bits per heavy atom. The largest absolute Gasteiger partial charge is 0.380 e. The third kappa shape index (κ3) is 5.83. The van der Waals surface area contributed by atoms with Crippen LogP contribution in [0.15, 0.2) is 0 Å². The van der Waals surface area contributed by atoms with E-state index in [1.807, 2.05) is 6.92 Å². The monoisotopic (exact) mass is 230 g/mol. The minimum absolute atomic E-state index is 0.599. The molecule has 2 atom stereocenters. The van der Waals surface area contributed by atoms with E-state index in [2.05, 4.69) is 38.2 Å².